The number of ether oxygens (including phenoxy) is 3. The van der Waals surface area contributed by atoms with Crippen LogP contribution in [0.5, 0.6) is 11.6 Å². The van der Waals surface area contributed by atoms with Crippen molar-refractivity contribution in [1.29, 1.82) is 0 Å². The van der Waals surface area contributed by atoms with E-state index in [2.05, 4.69) is 36.6 Å². The van der Waals surface area contributed by atoms with Crippen LogP contribution in [0.1, 0.15) is 13.3 Å². The van der Waals surface area contributed by atoms with Gasteiger partial charge in [0.05, 0.1) is 30.4 Å². The second kappa shape index (κ2) is 9.96. The second-order valence-electron chi connectivity index (χ2n) is 5.62. The largest absolute Gasteiger partial charge is 0.492 e. The highest BCUT2D eigenvalue weighted by Crippen LogP contribution is 2.25. The smallest absolute Gasteiger partial charge is 0.327 e. The molecule has 0 amide bonds. The first-order chi connectivity index (χ1) is 14.1. The Morgan fingerprint density at radius 2 is 2.10 bits per heavy atom. The average molecular weight is 470 g/mol. The van der Waals surface area contributed by atoms with Gasteiger partial charge in [0.1, 0.15) is 18.1 Å². The summed E-state index contributed by atoms with van der Waals surface area (Å²) in [6.45, 7) is 2.44. The lowest BCUT2D eigenvalue weighted by Crippen LogP contribution is -2.15. The Morgan fingerprint density at radius 3 is 2.93 bits per heavy atom. The number of hydrogen-bond acceptors (Lipinski definition) is 9. The van der Waals surface area contributed by atoms with Crippen LogP contribution in [0.4, 0.5) is 4.39 Å². The number of tetrazole rings is 1. The molecule has 0 N–H and O–H groups in total. The fourth-order valence-electron chi connectivity index (χ4n) is 2.25. The first kappa shape index (κ1) is 20.7. The fraction of sp³-hybridized carbons (Fsp3) is 0.353. The van der Waals surface area contributed by atoms with Crippen LogP contribution in [0, 0.1) is 5.82 Å². The van der Waals surface area contributed by atoms with Gasteiger partial charge in [-0.3, -0.25) is 4.79 Å². The van der Waals surface area contributed by atoms with Gasteiger partial charge in [-0.2, -0.15) is 0 Å². The molecule has 0 fully saturated rings. The minimum atomic E-state index is -0.470. The number of nitrogens with zero attached hydrogens (tertiary/aromatic N) is 5. The summed E-state index contributed by atoms with van der Waals surface area (Å²) in [7, 11) is 0. The van der Waals surface area contributed by atoms with Crippen molar-refractivity contribution in [2.45, 2.75) is 19.9 Å². The summed E-state index contributed by atoms with van der Waals surface area (Å²) in [4.78, 5) is 11.6. The van der Waals surface area contributed by atoms with Crippen molar-refractivity contribution >= 4 is 21.9 Å². The lowest BCUT2D eigenvalue weighted by atomic mass is 10.3. The van der Waals surface area contributed by atoms with Crippen LogP contribution in [0.3, 0.4) is 0 Å². The molecular weight excluding hydrogens is 453 g/mol. The topological polar surface area (TPSA) is 114 Å². The number of aromatic nitrogens is 5. The molecule has 1 aromatic carbocycles. The molecule has 0 unspecified atom stereocenters. The molecule has 0 spiro atoms. The van der Waals surface area contributed by atoms with Crippen LogP contribution in [0.2, 0.25) is 0 Å². The van der Waals surface area contributed by atoms with Crippen molar-refractivity contribution in [3.8, 4) is 23.2 Å². The summed E-state index contributed by atoms with van der Waals surface area (Å²) in [5.74, 6) is 0.274. The van der Waals surface area contributed by atoms with Gasteiger partial charge in [0.2, 0.25) is 11.6 Å². The van der Waals surface area contributed by atoms with E-state index in [4.69, 9.17) is 18.7 Å². The first-order valence-corrected chi connectivity index (χ1v) is 9.45. The molecule has 0 atom stereocenters. The Bertz CT molecular complexity index is 963. The molecule has 154 valence electrons. The van der Waals surface area contributed by atoms with Gasteiger partial charge in [-0.15, -0.1) is 5.10 Å². The predicted molar refractivity (Wildman–Crippen MR) is 99.7 cm³/mol. The molecule has 0 aliphatic carbocycles. The van der Waals surface area contributed by atoms with Gasteiger partial charge < -0.3 is 18.7 Å². The van der Waals surface area contributed by atoms with Gasteiger partial charge >= 0.3 is 5.97 Å². The summed E-state index contributed by atoms with van der Waals surface area (Å²) in [6.07, 6.45) is 0.533. The quantitative estimate of drug-likeness (QED) is 0.326. The summed E-state index contributed by atoms with van der Waals surface area (Å²) in [6, 6.07) is 5.73. The third-order valence-corrected chi connectivity index (χ3v) is 4.17. The van der Waals surface area contributed by atoms with Crippen molar-refractivity contribution in [3.05, 3.63) is 34.6 Å². The van der Waals surface area contributed by atoms with Crippen LogP contribution < -0.4 is 9.47 Å². The van der Waals surface area contributed by atoms with Crippen LogP contribution in [0.15, 0.2) is 33.3 Å². The van der Waals surface area contributed by atoms with E-state index in [1.165, 1.54) is 22.9 Å². The van der Waals surface area contributed by atoms with Crippen molar-refractivity contribution < 1.29 is 27.9 Å². The van der Waals surface area contributed by atoms with E-state index in [0.717, 1.165) is 0 Å². The molecule has 0 saturated heterocycles. The van der Waals surface area contributed by atoms with Crippen molar-refractivity contribution in [3.63, 3.8) is 0 Å². The molecule has 0 bridgehead atoms. The maximum Gasteiger partial charge on any atom is 0.327 e. The summed E-state index contributed by atoms with van der Waals surface area (Å²) >= 11 is 3.29. The average Bonchev–Trinajstić information content (AvgIpc) is 3.33. The van der Waals surface area contributed by atoms with E-state index < -0.39 is 5.97 Å². The SMILES string of the molecule is CCOC(=O)Cn1nnnc1-c1cc(OCCCOc2cc(F)ccc2Br)no1. The van der Waals surface area contributed by atoms with E-state index in [1.807, 2.05) is 0 Å². The van der Waals surface area contributed by atoms with E-state index in [-0.39, 0.29) is 36.4 Å². The lowest BCUT2D eigenvalue weighted by molar-refractivity contribution is -0.144. The highest BCUT2D eigenvalue weighted by molar-refractivity contribution is 9.10. The van der Waals surface area contributed by atoms with Gasteiger partial charge in [-0.25, -0.2) is 9.07 Å². The zero-order chi connectivity index (χ0) is 20.6. The highest BCUT2D eigenvalue weighted by Gasteiger charge is 2.18. The minimum absolute atomic E-state index is 0.153. The molecule has 0 radical (unpaired) electrons. The fourth-order valence-corrected chi connectivity index (χ4v) is 2.62. The zero-order valence-electron chi connectivity index (χ0n) is 15.4. The third-order valence-electron chi connectivity index (χ3n) is 3.51. The summed E-state index contributed by atoms with van der Waals surface area (Å²) < 4.78 is 36.2. The lowest BCUT2D eigenvalue weighted by Gasteiger charge is -2.08. The maximum absolute atomic E-state index is 13.2. The zero-order valence-corrected chi connectivity index (χ0v) is 17.0. The van der Waals surface area contributed by atoms with E-state index >= 15 is 0 Å². The predicted octanol–water partition coefficient (Wildman–Crippen LogP) is 2.64. The minimum Gasteiger partial charge on any atom is -0.492 e. The van der Waals surface area contributed by atoms with Crippen LogP contribution in [0.25, 0.3) is 11.6 Å². The molecule has 0 aliphatic rings. The van der Waals surface area contributed by atoms with Gasteiger partial charge in [-0.05, 0) is 50.6 Å². The standard InChI is InChI=1S/C17H17BrFN5O5/c1-2-26-16(25)10-24-17(20-22-23-24)14-9-15(21-29-14)28-7-3-6-27-13-8-11(19)4-5-12(13)18/h4-5,8-9H,2-3,6-7,10H2,1H3. The molecule has 2 heterocycles. The maximum atomic E-state index is 13.2. The molecule has 2 aromatic heterocycles. The normalized spacial score (nSPS) is 10.7. The molecular formula is C17H17BrFN5O5. The number of rotatable bonds is 10. The Hall–Kier alpha value is -3.02. The number of carbonyl (C=O) groups excluding carboxylic acids is 1. The third kappa shape index (κ3) is 5.73. The summed E-state index contributed by atoms with van der Waals surface area (Å²) in [5.41, 5.74) is 0. The Kier molecular flexibility index (Phi) is 7.11. The number of halogens is 2. The van der Waals surface area contributed by atoms with Crippen LogP contribution in [-0.4, -0.2) is 51.2 Å². The van der Waals surface area contributed by atoms with Crippen LogP contribution in [-0.2, 0) is 16.1 Å². The van der Waals surface area contributed by atoms with Gasteiger partial charge in [0.15, 0.2) is 0 Å². The summed E-state index contributed by atoms with van der Waals surface area (Å²) in [5, 5.41) is 14.9. The van der Waals surface area contributed by atoms with Crippen molar-refractivity contribution in [1.82, 2.24) is 25.4 Å². The molecule has 0 aliphatic heterocycles. The number of esters is 1. The highest BCUT2D eigenvalue weighted by atomic mass is 79.9. The van der Waals surface area contributed by atoms with Gasteiger partial charge in [0.25, 0.3) is 5.88 Å². The Balaban J connectivity index is 1.48. The van der Waals surface area contributed by atoms with Gasteiger partial charge in [-0.1, -0.05) is 0 Å². The van der Waals surface area contributed by atoms with E-state index in [1.54, 1.807) is 13.0 Å². The molecule has 3 rings (SSSR count). The first-order valence-electron chi connectivity index (χ1n) is 8.66. The molecule has 0 saturated carbocycles. The van der Waals surface area contributed by atoms with Gasteiger partial charge in [0, 0.05) is 12.5 Å². The number of benzene rings is 1. The monoisotopic (exact) mass is 469 g/mol. The van der Waals surface area contributed by atoms with Crippen LogP contribution >= 0.6 is 15.9 Å². The molecule has 12 heteroatoms. The number of hydrogen-bond donors (Lipinski definition) is 0. The molecule has 3 aromatic rings. The second-order valence-corrected chi connectivity index (χ2v) is 6.47. The number of carbonyl (C=O) groups is 1. The molecule has 29 heavy (non-hydrogen) atoms. The van der Waals surface area contributed by atoms with Crippen molar-refractivity contribution in [2.75, 3.05) is 19.8 Å². The molecule has 10 nitrogen and oxygen atoms in total. The Labute approximate surface area is 173 Å². The Morgan fingerprint density at radius 1 is 1.28 bits per heavy atom. The van der Waals surface area contributed by atoms with E-state index in [0.29, 0.717) is 29.9 Å². The van der Waals surface area contributed by atoms with E-state index in [9.17, 15) is 9.18 Å². The van der Waals surface area contributed by atoms with Crippen molar-refractivity contribution in [2.24, 2.45) is 0 Å².